The minimum Gasteiger partial charge on any atom is -0.388 e. The molecule has 3 atom stereocenters. The molecule has 160 valence electrons. The Morgan fingerprint density at radius 3 is 2.53 bits per heavy atom. The number of amides is 3. The van der Waals surface area contributed by atoms with Gasteiger partial charge in [-0.2, -0.15) is 0 Å². The Bertz CT molecular complexity index is 866. The number of thiophene rings is 1. The number of nitrogens with one attached hydrogen (secondary N) is 1. The quantitative estimate of drug-likeness (QED) is 0.786. The average molecular weight is 430 g/mol. The van der Waals surface area contributed by atoms with Crippen molar-refractivity contribution in [2.24, 2.45) is 0 Å². The standard InChI is InChI=1S/C22H27N3O4S/c1-22(28)9-10-25(21(27)24-11-13-29-14-12-24)18(17-8-5-15-30-17)19(22)23-20(26)16-6-3-2-4-7-16/h2-8,15,18-19,28H,9-14H2,1H3,(H,23,26)/t18-,19-,22+/m0/s1. The van der Waals surface area contributed by atoms with Gasteiger partial charge in [0, 0.05) is 30.1 Å². The van der Waals surface area contributed by atoms with E-state index in [0.29, 0.717) is 44.8 Å². The van der Waals surface area contributed by atoms with Crippen LogP contribution in [0.3, 0.4) is 0 Å². The number of aliphatic hydroxyl groups is 1. The molecule has 2 N–H and O–H groups in total. The summed E-state index contributed by atoms with van der Waals surface area (Å²) in [7, 11) is 0. The van der Waals surface area contributed by atoms with E-state index < -0.39 is 17.7 Å². The first kappa shape index (κ1) is 20.8. The SMILES string of the molecule is C[C@@]1(O)CCN(C(=O)N2CCOCC2)[C@@H](c2cccs2)[C@@H]1NC(=O)c1ccccc1. The average Bonchev–Trinajstić information content (AvgIpc) is 3.30. The fourth-order valence-electron chi connectivity index (χ4n) is 4.14. The number of hydrogen-bond donors (Lipinski definition) is 2. The third kappa shape index (κ3) is 4.21. The number of urea groups is 1. The molecule has 0 aliphatic carbocycles. The fourth-order valence-corrected chi connectivity index (χ4v) is 5.01. The largest absolute Gasteiger partial charge is 0.388 e. The van der Waals surface area contributed by atoms with Gasteiger partial charge in [-0.05, 0) is 36.9 Å². The van der Waals surface area contributed by atoms with Gasteiger partial charge in [-0.3, -0.25) is 4.79 Å². The predicted octanol–water partition coefficient (Wildman–Crippen LogP) is 2.50. The minimum absolute atomic E-state index is 0.0776. The van der Waals surface area contributed by atoms with Crippen molar-refractivity contribution in [3.8, 4) is 0 Å². The molecule has 3 heterocycles. The van der Waals surface area contributed by atoms with Crippen LogP contribution in [0.4, 0.5) is 4.79 Å². The first-order valence-corrected chi connectivity index (χ1v) is 11.1. The lowest BCUT2D eigenvalue weighted by molar-refractivity contribution is -0.0566. The Hall–Kier alpha value is -2.42. The Morgan fingerprint density at radius 1 is 1.13 bits per heavy atom. The molecule has 2 fully saturated rings. The Kier molecular flexibility index (Phi) is 6.08. The van der Waals surface area contributed by atoms with Gasteiger partial charge in [0.25, 0.3) is 5.91 Å². The van der Waals surface area contributed by atoms with Crippen LogP contribution >= 0.6 is 11.3 Å². The second kappa shape index (κ2) is 8.75. The second-order valence-electron chi connectivity index (χ2n) is 7.96. The van der Waals surface area contributed by atoms with Crippen LogP contribution < -0.4 is 5.32 Å². The molecule has 2 saturated heterocycles. The summed E-state index contributed by atoms with van der Waals surface area (Å²) in [5.74, 6) is -0.261. The minimum atomic E-state index is -1.15. The molecule has 2 aliphatic heterocycles. The molecule has 0 bridgehead atoms. The van der Waals surface area contributed by atoms with Crippen LogP contribution in [0.5, 0.6) is 0 Å². The van der Waals surface area contributed by atoms with Crippen molar-refractivity contribution < 1.29 is 19.4 Å². The third-order valence-corrected chi connectivity index (χ3v) is 6.81. The van der Waals surface area contributed by atoms with E-state index in [1.54, 1.807) is 41.0 Å². The third-order valence-electron chi connectivity index (χ3n) is 5.86. The molecule has 0 saturated carbocycles. The molecule has 3 amide bonds. The van der Waals surface area contributed by atoms with E-state index in [2.05, 4.69) is 5.32 Å². The number of likely N-dealkylation sites (tertiary alicyclic amines) is 1. The zero-order valence-corrected chi connectivity index (χ0v) is 17.8. The summed E-state index contributed by atoms with van der Waals surface area (Å²) in [6, 6.07) is 11.7. The van der Waals surface area contributed by atoms with Crippen LogP contribution in [0.2, 0.25) is 0 Å². The van der Waals surface area contributed by atoms with Gasteiger partial charge in [0.2, 0.25) is 0 Å². The molecule has 2 aliphatic rings. The highest BCUT2D eigenvalue weighted by molar-refractivity contribution is 7.10. The number of carbonyl (C=O) groups excluding carboxylic acids is 2. The Morgan fingerprint density at radius 2 is 1.87 bits per heavy atom. The highest BCUT2D eigenvalue weighted by Crippen LogP contribution is 2.39. The maximum absolute atomic E-state index is 13.4. The summed E-state index contributed by atoms with van der Waals surface area (Å²) in [5, 5.41) is 16.2. The molecular formula is C22H27N3O4S. The summed E-state index contributed by atoms with van der Waals surface area (Å²) < 4.78 is 5.38. The van der Waals surface area contributed by atoms with E-state index in [0.717, 1.165) is 4.88 Å². The van der Waals surface area contributed by atoms with Gasteiger partial charge < -0.3 is 25.0 Å². The van der Waals surface area contributed by atoms with Crippen LogP contribution in [0.15, 0.2) is 47.8 Å². The van der Waals surface area contributed by atoms with Gasteiger partial charge in [0.15, 0.2) is 0 Å². The first-order chi connectivity index (χ1) is 14.5. The van der Waals surface area contributed by atoms with Crippen molar-refractivity contribution in [2.45, 2.75) is 31.0 Å². The smallest absolute Gasteiger partial charge is 0.320 e. The van der Waals surface area contributed by atoms with Gasteiger partial charge in [0.05, 0.1) is 30.9 Å². The number of hydrogen-bond acceptors (Lipinski definition) is 5. The van der Waals surface area contributed by atoms with Crippen molar-refractivity contribution in [3.05, 3.63) is 58.3 Å². The van der Waals surface area contributed by atoms with Gasteiger partial charge in [-0.1, -0.05) is 24.3 Å². The summed E-state index contributed by atoms with van der Waals surface area (Å²) in [6.07, 6.45) is 0.380. The fraction of sp³-hybridized carbons (Fsp3) is 0.455. The number of benzene rings is 1. The van der Waals surface area contributed by atoms with Gasteiger partial charge in [-0.15, -0.1) is 11.3 Å². The van der Waals surface area contributed by atoms with E-state index in [9.17, 15) is 14.7 Å². The molecule has 30 heavy (non-hydrogen) atoms. The molecule has 8 heteroatoms. The molecule has 4 rings (SSSR count). The van der Waals surface area contributed by atoms with E-state index >= 15 is 0 Å². The number of nitrogens with zero attached hydrogens (tertiary/aromatic N) is 2. The molecule has 0 spiro atoms. The molecule has 2 aromatic rings. The van der Waals surface area contributed by atoms with E-state index in [4.69, 9.17) is 4.74 Å². The first-order valence-electron chi connectivity index (χ1n) is 10.2. The van der Waals surface area contributed by atoms with Crippen molar-refractivity contribution in [1.82, 2.24) is 15.1 Å². The van der Waals surface area contributed by atoms with E-state index in [-0.39, 0.29) is 11.9 Å². The molecule has 0 unspecified atom stereocenters. The molecule has 7 nitrogen and oxygen atoms in total. The topological polar surface area (TPSA) is 82.1 Å². The van der Waals surface area contributed by atoms with Crippen molar-refractivity contribution >= 4 is 23.3 Å². The highest BCUT2D eigenvalue weighted by Gasteiger charge is 2.49. The van der Waals surface area contributed by atoms with Crippen molar-refractivity contribution in [3.63, 3.8) is 0 Å². The van der Waals surface area contributed by atoms with Crippen LogP contribution in [0, 0.1) is 0 Å². The van der Waals surface area contributed by atoms with Gasteiger partial charge >= 0.3 is 6.03 Å². The monoisotopic (exact) mass is 429 g/mol. The Balaban J connectivity index is 1.65. The maximum Gasteiger partial charge on any atom is 0.320 e. The predicted molar refractivity (Wildman–Crippen MR) is 114 cm³/mol. The lowest BCUT2D eigenvalue weighted by atomic mass is 9.81. The summed E-state index contributed by atoms with van der Waals surface area (Å²) in [4.78, 5) is 30.9. The molecule has 0 radical (unpaired) electrons. The lowest BCUT2D eigenvalue weighted by Gasteiger charge is -2.49. The summed E-state index contributed by atoms with van der Waals surface area (Å²) in [5.41, 5.74) is -0.629. The van der Waals surface area contributed by atoms with Gasteiger partial charge in [-0.25, -0.2) is 4.79 Å². The van der Waals surface area contributed by atoms with Gasteiger partial charge in [0.1, 0.15) is 0 Å². The number of rotatable bonds is 3. The van der Waals surface area contributed by atoms with E-state index in [1.165, 1.54) is 11.3 Å². The zero-order chi connectivity index (χ0) is 21.1. The van der Waals surface area contributed by atoms with E-state index in [1.807, 2.05) is 23.6 Å². The number of ether oxygens (including phenoxy) is 1. The van der Waals surface area contributed by atoms with Crippen LogP contribution in [0.1, 0.15) is 34.6 Å². The number of carbonyl (C=O) groups is 2. The van der Waals surface area contributed by atoms with Crippen molar-refractivity contribution in [1.29, 1.82) is 0 Å². The van der Waals surface area contributed by atoms with Crippen LogP contribution in [-0.4, -0.2) is 71.3 Å². The number of piperidine rings is 1. The lowest BCUT2D eigenvalue weighted by Crippen LogP contribution is -2.64. The normalized spacial score (nSPS) is 27.0. The summed E-state index contributed by atoms with van der Waals surface area (Å²) >= 11 is 1.53. The highest BCUT2D eigenvalue weighted by atomic mass is 32.1. The molecule has 1 aromatic heterocycles. The Labute approximate surface area is 180 Å². The zero-order valence-electron chi connectivity index (χ0n) is 17.0. The maximum atomic E-state index is 13.4. The second-order valence-corrected chi connectivity index (χ2v) is 8.94. The molecule has 1 aromatic carbocycles. The van der Waals surface area contributed by atoms with Crippen molar-refractivity contribution in [2.75, 3.05) is 32.8 Å². The molecular weight excluding hydrogens is 402 g/mol. The van der Waals surface area contributed by atoms with Crippen LogP contribution in [-0.2, 0) is 4.74 Å². The number of morpholine rings is 1. The van der Waals surface area contributed by atoms with Crippen LogP contribution in [0.25, 0.3) is 0 Å². The summed E-state index contributed by atoms with van der Waals surface area (Å²) in [6.45, 7) is 4.29.